The van der Waals surface area contributed by atoms with Gasteiger partial charge >= 0.3 is 6.03 Å². The highest BCUT2D eigenvalue weighted by Gasteiger charge is 2.16. The summed E-state index contributed by atoms with van der Waals surface area (Å²) < 4.78 is 29.3. The van der Waals surface area contributed by atoms with Gasteiger partial charge in [-0.1, -0.05) is 0 Å². The number of nitrogen functional groups attached to an aromatic ring is 1. The van der Waals surface area contributed by atoms with Crippen molar-refractivity contribution in [1.29, 1.82) is 0 Å². The summed E-state index contributed by atoms with van der Waals surface area (Å²) in [6.07, 6.45) is 2.77. The van der Waals surface area contributed by atoms with Crippen LogP contribution in [0.2, 0.25) is 0 Å². The van der Waals surface area contributed by atoms with Crippen LogP contribution >= 0.6 is 0 Å². The first-order chi connectivity index (χ1) is 19.2. The van der Waals surface area contributed by atoms with Crippen LogP contribution < -0.4 is 16.4 Å². The van der Waals surface area contributed by atoms with E-state index in [1.165, 1.54) is 29.4 Å². The quantitative estimate of drug-likeness (QED) is 0.268. The van der Waals surface area contributed by atoms with Crippen LogP contribution in [-0.4, -0.2) is 50.9 Å². The van der Waals surface area contributed by atoms with Gasteiger partial charge in [-0.3, -0.25) is 9.78 Å². The average molecular weight is 541 g/mol. The van der Waals surface area contributed by atoms with E-state index in [1.807, 2.05) is 0 Å². The molecule has 0 bridgehead atoms. The van der Waals surface area contributed by atoms with E-state index in [4.69, 9.17) is 5.73 Å². The molecule has 4 N–H and O–H groups in total. The van der Waals surface area contributed by atoms with Crippen molar-refractivity contribution in [2.45, 2.75) is 0 Å². The van der Waals surface area contributed by atoms with Gasteiger partial charge in [0, 0.05) is 54.6 Å². The van der Waals surface area contributed by atoms with Gasteiger partial charge in [0.1, 0.15) is 11.3 Å². The Bertz CT molecular complexity index is 1760. The lowest BCUT2D eigenvalue weighted by Gasteiger charge is -2.12. The topological polar surface area (TPSA) is 139 Å². The molecular formula is C28H22F2N8O2. The molecule has 0 unspecified atom stereocenters. The second-order valence-corrected chi connectivity index (χ2v) is 8.92. The molecule has 3 aromatic heterocycles. The number of halogens is 2. The number of urea groups is 1. The van der Waals surface area contributed by atoms with E-state index in [2.05, 4.69) is 30.6 Å². The van der Waals surface area contributed by atoms with Gasteiger partial charge in [0.05, 0.1) is 11.1 Å². The van der Waals surface area contributed by atoms with Crippen LogP contribution in [0.5, 0.6) is 0 Å². The molecule has 0 saturated heterocycles. The lowest BCUT2D eigenvalue weighted by Crippen LogP contribution is -2.22. The lowest BCUT2D eigenvalue weighted by molar-refractivity contribution is 0.0827. The summed E-state index contributed by atoms with van der Waals surface area (Å²) in [6, 6.07) is 14.5. The molecule has 10 nitrogen and oxygen atoms in total. The van der Waals surface area contributed by atoms with Crippen LogP contribution in [0.3, 0.4) is 0 Å². The van der Waals surface area contributed by atoms with Crippen LogP contribution in [0.15, 0.2) is 73.1 Å². The Morgan fingerprint density at radius 1 is 0.875 bits per heavy atom. The van der Waals surface area contributed by atoms with E-state index in [1.54, 1.807) is 56.6 Å². The third kappa shape index (κ3) is 5.36. The third-order valence-electron chi connectivity index (χ3n) is 5.90. The molecule has 12 heteroatoms. The first kappa shape index (κ1) is 26.1. The number of aromatic nitrogens is 4. The first-order valence-electron chi connectivity index (χ1n) is 11.9. The van der Waals surface area contributed by atoms with Gasteiger partial charge < -0.3 is 21.3 Å². The van der Waals surface area contributed by atoms with E-state index < -0.39 is 17.8 Å². The summed E-state index contributed by atoms with van der Waals surface area (Å²) in [5, 5.41) is 5.18. The number of fused-ring (bicyclic) bond motifs is 1. The number of carbonyl (C=O) groups is 2. The van der Waals surface area contributed by atoms with Gasteiger partial charge in [-0.2, -0.15) is 4.39 Å². The number of benzene rings is 2. The highest BCUT2D eigenvalue weighted by Crippen LogP contribution is 2.29. The normalized spacial score (nSPS) is 10.8. The third-order valence-corrected chi connectivity index (χ3v) is 5.90. The predicted molar refractivity (Wildman–Crippen MR) is 147 cm³/mol. The second kappa shape index (κ2) is 10.7. The van der Waals surface area contributed by atoms with E-state index in [0.29, 0.717) is 22.3 Å². The molecule has 0 fully saturated rings. The van der Waals surface area contributed by atoms with Crippen LogP contribution in [0.1, 0.15) is 10.4 Å². The maximum absolute atomic E-state index is 15.1. The Balaban J connectivity index is 1.35. The molecule has 0 saturated carbocycles. The van der Waals surface area contributed by atoms with Crippen LogP contribution in [0, 0.1) is 11.8 Å². The van der Waals surface area contributed by atoms with Crippen LogP contribution in [0.4, 0.5) is 30.8 Å². The molecule has 2 aromatic carbocycles. The van der Waals surface area contributed by atoms with Crippen molar-refractivity contribution in [3.8, 4) is 22.5 Å². The molecule has 0 radical (unpaired) electrons. The molecule has 3 amide bonds. The number of carbonyl (C=O) groups excluding carboxylic acids is 2. The molecule has 0 aliphatic heterocycles. The monoisotopic (exact) mass is 540 g/mol. The molecule has 0 spiro atoms. The van der Waals surface area contributed by atoms with E-state index in [9.17, 15) is 14.0 Å². The van der Waals surface area contributed by atoms with Crippen molar-refractivity contribution in [3.63, 3.8) is 0 Å². The highest BCUT2D eigenvalue weighted by molar-refractivity contribution is 6.00. The molecule has 5 aromatic rings. The molecule has 0 atom stereocenters. The number of hydrogen-bond acceptors (Lipinski definition) is 7. The molecule has 200 valence electrons. The maximum Gasteiger partial charge on any atom is 0.323 e. The standard InChI is InChI=1S/C28H22F2N8O2/c1-38(2)27(39)15-5-7-17(8-6-15)34-28(40)35-18-9-10-20(21(29)13-18)26-36-22-12-16(14-33-23(22)25(31)37-26)19-4-3-11-32-24(19)30/h3-14H,1-2H3,(H2,31,36,37)(H2,34,35,40). The predicted octanol–water partition coefficient (Wildman–Crippen LogP) is 4.96. The Labute approximate surface area is 226 Å². The number of anilines is 3. The van der Waals surface area contributed by atoms with Gasteiger partial charge in [0.2, 0.25) is 5.95 Å². The minimum atomic E-state index is -0.703. The number of nitrogens with zero attached hydrogens (tertiary/aromatic N) is 5. The molecular weight excluding hydrogens is 518 g/mol. The SMILES string of the molecule is CN(C)C(=O)c1ccc(NC(=O)Nc2ccc(-c3nc(N)c4ncc(-c5cccnc5F)cc4n3)c(F)c2)cc1. The summed E-state index contributed by atoms with van der Waals surface area (Å²) in [5.41, 5.74) is 8.44. The molecule has 3 heterocycles. The van der Waals surface area contributed by atoms with Crippen molar-refractivity contribution in [1.82, 2.24) is 24.8 Å². The zero-order valence-corrected chi connectivity index (χ0v) is 21.3. The largest absolute Gasteiger partial charge is 0.382 e. The first-order valence-corrected chi connectivity index (χ1v) is 11.9. The van der Waals surface area contributed by atoms with Crippen LogP contribution in [-0.2, 0) is 0 Å². The Hall–Kier alpha value is -5.52. The lowest BCUT2D eigenvalue weighted by atomic mass is 10.1. The highest BCUT2D eigenvalue weighted by atomic mass is 19.1. The fourth-order valence-electron chi connectivity index (χ4n) is 3.93. The Morgan fingerprint density at radius 3 is 2.30 bits per heavy atom. The van der Waals surface area contributed by atoms with Crippen molar-refractivity contribution in [2.24, 2.45) is 0 Å². The van der Waals surface area contributed by atoms with Gasteiger partial charge in [0.15, 0.2) is 11.6 Å². The Kier molecular flexibility index (Phi) is 6.98. The summed E-state index contributed by atoms with van der Waals surface area (Å²) in [4.78, 5) is 42.4. The number of pyridine rings is 2. The molecule has 0 aliphatic rings. The molecule has 0 aliphatic carbocycles. The number of hydrogen-bond donors (Lipinski definition) is 3. The van der Waals surface area contributed by atoms with Crippen molar-refractivity contribution in [2.75, 3.05) is 30.5 Å². The van der Waals surface area contributed by atoms with Gasteiger partial charge in [0.25, 0.3) is 5.91 Å². The van der Waals surface area contributed by atoms with E-state index in [-0.39, 0.29) is 39.9 Å². The van der Waals surface area contributed by atoms with Gasteiger partial charge in [-0.25, -0.2) is 24.1 Å². The van der Waals surface area contributed by atoms with Crippen LogP contribution in [0.25, 0.3) is 33.5 Å². The van der Waals surface area contributed by atoms with Crippen molar-refractivity contribution >= 4 is 40.2 Å². The maximum atomic E-state index is 15.1. The Morgan fingerprint density at radius 2 is 1.60 bits per heavy atom. The van der Waals surface area contributed by atoms with Crippen molar-refractivity contribution < 1.29 is 18.4 Å². The number of nitrogens with two attached hydrogens (primary N) is 1. The summed E-state index contributed by atoms with van der Waals surface area (Å²) in [7, 11) is 3.29. The second-order valence-electron chi connectivity index (χ2n) is 8.92. The number of amides is 3. The zero-order valence-electron chi connectivity index (χ0n) is 21.3. The smallest absolute Gasteiger partial charge is 0.323 e. The fraction of sp³-hybridized carbons (Fsp3) is 0.0714. The summed E-state index contributed by atoms with van der Waals surface area (Å²) in [5.74, 6) is -1.51. The number of rotatable bonds is 5. The van der Waals surface area contributed by atoms with E-state index in [0.717, 1.165) is 6.07 Å². The summed E-state index contributed by atoms with van der Waals surface area (Å²) >= 11 is 0. The van der Waals surface area contributed by atoms with Gasteiger partial charge in [-0.15, -0.1) is 0 Å². The summed E-state index contributed by atoms with van der Waals surface area (Å²) in [6.45, 7) is 0. The molecule has 5 rings (SSSR count). The van der Waals surface area contributed by atoms with E-state index >= 15 is 4.39 Å². The minimum absolute atomic E-state index is 0.00327. The van der Waals surface area contributed by atoms with Crippen molar-refractivity contribution in [3.05, 3.63) is 90.4 Å². The average Bonchev–Trinajstić information content (AvgIpc) is 2.93. The van der Waals surface area contributed by atoms with Gasteiger partial charge in [-0.05, 0) is 60.7 Å². The minimum Gasteiger partial charge on any atom is -0.382 e. The fourth-order valence-corrected chi connectivity index (χ4v) is 3.93. The zero-order chi connectivity index (χ0) is 28.4. The molecule has 40 heavy (non-hydrogen) atoms. The number of nitrogens with one attached hydrogen (secondary N) is 2.